The maximum absolute atomic E-state index is 13.4. The number of nitrogens with one attached hydrogen (secondary N) is 2. The minimum absolute atomic E-state index is 0.0259. The fourth-order valence-electron chi connectivity index (χ4n) is 3.53. The van der Waals surface area contributed by atoms with Gasteiger partial charge in [-0.05, 0) is 37.5 Å². The van der Waals surface area contributed by atoms with E-state index in [-0.39, 0.29) is 18.7 Å². The number of primary amides is 1. The summed E-state index contributed by atoms with van der Waals surface area (Å²) in [5, 5.41) is 23.4. The molecule has 2 rings (SSSR count). The molecule has 1 aliphatic rings. The van der Waals surface area contributed by atoms with Crippen LogP contribution in [-0.2, 0) is 30.4 Å². The van der Waals surface area contributed by atoms with Crippen LogP contribution in [0.3, 0.4) is 0 Å². The van der Waals surface area contributed by atoms with Gasteiger partial charge in [0, 0.05) is 13.0 Å². The Bertz CT molecular complexity index is 905. The lowest BCUT2D eigenvalue weighted by Crippen LogP contribution is -2.57. The summed E-state index contributed by atoms with van der Waals surface area (Å²) in [4.78, 5) is 61.9. The number of carbonyl (C=O) groups is 5. The van der Waals surface area contributed by atoms with E-state index in [2.05, 4.69) is 10.6 Å². The van der Waals surface area contributed by atoms with Gasteiger partial charge >= 0.3 is 5.97 Å². The average molecular weight is 463 g/mol. The van der Waals surface area contributed by atoms with Crippen molar-refractivity contribution in [2.24, 2.45) is 11.5 Å². The molecule has 33 heavy (non-hydrogen) atoms. The smallest absolute Gasteiger partial charge is 0.325 e. The molecule has 0 spiro atoms. The van der Waals surface area contributed by atoms with E-state index in [1.165, 1.54) is 24.0 Å². The lowest BCUT2D eigenvalue weighted by molar-refractivity contribution is -0.144. The van der Waals surface area contributed by atoms with Crippen LogP contribution < -0.4 is 22.1 Å². The Balaban J connectivity index is 2.22. The highest BCUT2D eigenvalue weighted by atomic mass is 16.4. The quantitative estimate of drug-likeness (QED) is 0.233. The fourth-order valence-corrected chi connectivity index (χ4v) is 3.53. The number of rotatable bonds is 10. The Kier molecular flexibility index (Phi) is 8.74. The molecule has 1 heterocycles. The molecule has 0 saturated carbocycles. The number of carboxylic acids is 1. The van der Waals surface area contributed by atoms with Crippen LogP contribution >= 0.6 is 0 Å². The lowest BCUT2D eigenvalue weighted by atomic mass is 10.0. The van der Waals surface area contributed by atoms with Gasteiger partial charge in [0.1, 0.15) is 23.9 Å². The van der Waals surface area contributed by atoms with Crippen molar-refractivity contribution in [3.63, 3.8) is 0 Å². The molecule has 0 bridgehead atoms. The van der Waals surface area contributed by atoms with E-state index in [1.807, 2.05) is 0 Å². The topological polar surface area (TPSA) is 205 Å². The fraction of sp³-hybridized carbons (Fsp3) is 0.476. The van der Waals surface area contributed by atoms with Crippen molar-refractivity contribution in [3.05, 3.63) is 29.8 Å². The molecule has 1 aromatic rings. The summed E-state index contributed by atoms with van der Waals surface area (Å²) in [6.45, 7) is 1.56. The lowest BCUT2D eigenvalue weighted by Gasteiger charge is -2.29. The Morgan fingerprint density at radius 1 is 1.15 bits per heavy atom. The molecule has 1 aromatic carbocycles. The molecule has 0 aromatic heterocycles. The number of hydrogen-bond acceptors (Lipinski definition) is 7. The largest absolute Gasteiger partial charge is 0.508 e. The Labute approximate surface area is 190 Å². The minimum Gasteiger partial charge on any atom is -0.508 e. The number of likely N-dealkylation sites (tertiary alicyclic amines) is 1. The van der Waals surface area contributed by atoms with Crippen LogP contribution in [0.5, 0.6) is 5.75 Å². The summed E-state index contributed by atoms with van der Waals surface area (Å²) in [7, 11) is 0. The molecule has 4 unspecified atom stereocenters. The van der Waals surface area contributed by atoms with Gasteiger partial charge in [0.05, 0.1) is 12.5 Å². The first-order valence-electron chi connectivity index (χ1n) is 10.5. The zero-order valence-electron chi connectivity index (χ0n) is 18.2. The van der Waals surface area contributed by atoms with Crippen LogP contribution in [0.25, 0.3) is 0 Å². The maximum atomic E-state index is 13.4. The van der Waals surface area contributed by atoms with Crippen LogP contribution in [0.15, 0.2) is 24.3 Å². The van der Waals surface area contributed by atoms with E-state index in [1.54, 1.807) is 12.1 Å². The van der Waals surface area contributed by atoms with Gasteiger partial charge < -0.3 is 37.2 Å². The molecule has 180 valence electrons. The second kappa shape index (κ2) is 11.3. The Morgan fingerprint density at radius 3 is 2.36 bits per heavy atom. The molecule has 1 fully saturated rings. The van der Waals surface area contributed by atoms with Gasteiger partial charge in [-0.1, -0.05) is 12.1 Å². The molecular weight excluding hydrogens is 434 g/mol. The number of hydrogen-bond donors (Lipinski definition) is 6. The van der Waals surface area contributed by atoms with Crippen molar-refractivity contribution in [2.45, 2.75) is 56.8 Å². The van der Waals surface area contributed by atoms with E-state index in [4.69, 9.17) is 16.6 Å². The van der Waals surface area contributed by atoms with Crippen LogP contribution in [0, 0.1) is 0 Å². The van der Waals surface area contributed by atoms with Gasteiger partial charge in [0.15, 0.2) is 0 Å². The first-order chi connectivity index (χ1) is 15.5. The van der Waals surface area contributed by atoms with Gasteiger partial charge in [-0.2, -0.15) is 0 Å². The second-order valence-corrected chi connectivity index (χ2v) is 7.97. The molecule has 0 aliphatic carbocycles. The van der Waals surface area contributed by atoms with E-state index >= 15 is 0 Å². The third-order valence-corrected chi connectivity index (χ3v) is 5.32. The van der Waals surface area contributed by atoms with Crippen molar-refractivity contribution in [1.82, 2.24) is 15.5 Å². The monoisotopic (exact) mass is 463 g/mol. The number of nitrogens with two attached hydrogens (primary N) is 2. The summed E-state index contributed by atoms with van der Waals surface area (Å²) in [5.74, 6) is -3.87. The number of benzene rings is 1. The van der Waals surface area contributed by atoms with Crippen molar-refractivity contribution >= 4 is 29.6 Å². The van der Waals surface area contributed by atoms with Crippen LogP contribution in [0.4, 0.5) is 0 Å². The summed E-state index contributed by atoms with van der Waals surface area (Å²) in [6.07, 6.45) is 0.482. The van der Waals surface area contributed by atoms with E-state index in [0.717, 1.165) is 0 Å². The zero-order chi connectivity index (χ0) is 24.7. The van der Waals surface area contributed by atoms with E-state index in [9.17, 15) is 29.1 Å². The van der Waals surface area contributed by atoms with Gasteiger partial charge in [-0.25, -0.2) is 0 Å². The average Bonchev–Trinajstić information content (AvgIpc) is 3.23. The van der Waals surface area contributed by atoms with Gasteiger partial charge in [0.25, 0.3) is 0 Å². The van der Waals surface area contributed by atoms with Crippen LogP contribution in [-0.4, -0.2) is 75.4 Å². The molecule has 8 N–H and O–H groups in total. The highest BCUT2D eigenvalue weighted by molar-refractivity contribution is 5.95. The number of aliphatic carboxylic acids is 1. The zero-order valence-corrected chi connectivity index (χ0v) is 18.2. The predicted octanol–water partition coefficient (Wildman–Crippen LogP) is -1.80. The van der Waals surface area contributed by atoms with Gasteiger partial charge in [-0.15, -0.1) is 0 Å². The summed E-state index contributed by atoms with van der Waals surface area (Å²) >= 11 is 0. The first-order valence-corrected chi connectivity index (χ1v) is 10.5. The molecule has 4 amide bonds. The summed E-state index contributed by atoms with van der Waals surface area (Å²) in [6, 6.07) is 1.61. The van der Waals surface area contributed by atoms with Crippen molar-refractivity contribution in [1.29, 1.82) is 0 Å². The molecule has 0 radical (unpaired) electrons. The number of carbonyl (C=O) groups excluding carboxylic acids is 4. The van der Waals surface area contributed by atoms with E-state index < -0.39 is 60.2 Å². The summed E-state index contributed by atoms with van der Waals surface area (Å²) in [5.41, 5.74) is 11.4. The Hall–Kier alpha value is -3.67. The molecular formula is C21H29N5O7. The minimum atomic E-state index is -1.26. The van der Waals surface area contributed by atoms with E-state index in [0.29, 0.717) is 18.4 Å². The molecule has 12 nitrogen and oxygen atoms in total. The SMILES string of the molecule is CC(NC(=O)C1CCCN1C(=O)C(Cc1ccc(O)cc1)NC(=O)C(N)CC(N)=O)C(=O)O. The highest BCUT2D eigenvalue weighted by Gasteiger charge is 2.38. The third-order valence-electron chi connectivity index (χ3n) is 5.32. The number of phenols is 1. The predicted molar refractivity (Wildman–Crippen MR) is 116 cm³/mol. The number of amides is 4. The standard InChI is InChI=1S/C21H29N5O7/c1-11(21(32)33)24-19(30)16-3-2-8-26(16)20(31)15(9-12-4-6-13(27)7-5-12)25-18(29)14(22)10-17(23)28/h4-7,11,14-16,27H,2-3,8-10,22H2,1H3,(H2,23,28)(H,24,30)(H,25,29)(H,32,33). The number of aromatic hydroxyl groups is 1. The number of phenolic OH excluding ortho intramolecular Hbond substituents is 1. The molecule has 12 heteroatoms. The molecule has 4 atom stereocenters. The molecule has 1 aliphatic heterocycles. The first kappa shape index (κ1) is 25.6. The van der Waals surface area contributed by atoms with Crippen molar-refractivity contribution in [3.8, 4) is 5.75 Å². The maximum Gasteiger partial charge on any atom is 0.325 e. The van der Waals surface area contributed by atoms with Crippen LogP contribution in [0.2, 0.25) is 0 Å². The van der Waals surface area contributed by atoms with Crippen molar-refractivity contribution in [2.75, 3.05) is 6.54 Å². The van der Waals surface area contributed by atoms with Crippen LogP contribution in [0.1, 0.15) is 31.7 Å². The second-order valence-electron chi connectivity index (χ2n) is 7.97. The summed E-state index contributed by atoms with van der Waals surface area (Å²) < 4.78 is 0. The Morgan fingerprint density at radius 2 is 1.79 bits per heavy atom. The van der Waals surface area contributed by atoms with Gasteiger partial charge in [0.2, 0.25) is 23.6 Å². The molecule has 1 saturated heterocycles. The number of nitrogens with zero attached hydrogens (tertiary/aromatic N) is 1. The highest BCUT2D eigenvalue weighted by Crippen LogP contribution is 2.20. The normalized spacial score (nSPS) is 18.1. The number of carboxylic acid groups (broad SMARTS) is 1. The van der Waals surface area contributed by atoms with Crippen molar-refractivity contribution < 1.29 is 34.2 Å². The van der Waals surface area contributed by atoms with Gasteiger partial charge in [-0.3, -0.25) is 24.0 Å². The third kappa shape index (κ3) is 7.17.